The van der Waals surface area contributed by atoms with Gasteiger partial charge in [0.2, 0.25) is 0 Å². The third-order valence-corrected chi connectivity index (χ3v) is 5.30. The summed E-state index contributed by atoms with van der Waals surface area (Å²) in [6.45, 7) is 0.454. The van der Waals surface area contributed by atoms with Gasteiger partial charge in [-0.25, -0.2) is 4.79 Å². The SMILES string of the molecule is O=C(OCCOc1ccc(Br)cc1)c1sc2ccccc2c1Cl. The average Bonchev–Trinajstić information content (AvgIpc) is 2.90. The van der Waals surface area contributed by atoms with Crippen molar-refractivity contribution >= 4 is 54.9 Å². The van der Waals surface area contributed by atoms with E-state index in [1.165, 1.54) is 11.3 Å². The lowest BCUT2D eigenvalue weighted by Gasteiger charge is -2.07. The second kappa shape index (κ2) is 7.34. The van der Waals surface area contributed by atoms with Crippen LogP contribution >= 0.6 is 38.9 Å². The van der Waals surface area contributed by atoms with Crippen molar-refractivity contribution < 1.29 is 14.3 Å². The molecule has 0 fully saturated rings. The van der Waals surface area contributed by atoms with Gasteiger partial charge in [-0.05, 0) is 30.3 Å². The molecule has 0 N–H and O–H groups in total. The summed E-state index contributed by atoms with van der Waals surface area (Å²) < 4.78 is 12.7. The summed E-state index contributed by atoms with van der Waals surface area (Å²) >= 11 is 10.9. The molecule has 0 atom stereocenters. The highest BCUT2D eigenvalue weighted by molar-refractivity contribution is 9.10. The Morgan fingerprint density at radius 3 is 2.57 bits per heavy atom. The molecule has 6 heteroatoms. The summed E-state index contributed by atoms with van der Waals surface area (Å²) in [5.74, 6) is 0.305. The second-order valence-electron chi connectivity index (χ2n) is 4.68. The van der Waals surface area contributed by atoms with E-state index in [1.807, 2.05) is 48.5 Å². The minimum Gasteiger partial charge on any atom is -0.490 e. The zero-order valence-electron chi connectivity index (χ0n) is 11.9. The van der Waals surface area contributed by atoms with Gasteiger partial charge >= 0.3 is 5.97 Å². The Hall–Kier alpha value is -1.56. The van der Waals surface area contributed by atoms with Crippen LogP contribution in [0.15, 0.2) is 53.0 Å². The van der Waals surface area contributed by atoms with Crippen LogP contribution in [0.4, 0.5) is 0 Å². The molecule has 0 spiro atoms. The number of hydrogen-bond donors (Lipinski definition) is 0. The summed E-state index contributed by atoms with van der Waals surface area (Å²) in [6.07, 6.45) is 0. The molecule has 1 heterocycles. The van der Waals surface area contributed by atoms with Crippen LogP contribution in [-0.4, -0.2) is 19.2 Å². The first kappa shape index (κ1) is 16.3. The van der Waals surface area contributed by atoms with Gasteiger partial charge in [-0.3, -0.25) is 0 Å². The van der Waals surface area contributed by atoms with E-state index < -0.39 is 5.97 Å². The topological polar surface area (TPSA) is 35.5 Å². The molecule has 0 saturated carbocycles. The van der Waals surface area contributed by atoms with Gasteiger partial charge in [0.1, 0.15) is 23.8 Å². The Balaban J connectivity index is 1.56. The van der Waals surface area contributed by atoms with E-state index in [0.29, 0.717) is 9.90 Å². The number of thiophene rings is 1. The number of fused-ring (bicyclic) bond motifs is 1. The Bertz CT molecular complexity index is 829. The highest BCUT2D eigenvalue weighted by Crippen LogP contribution is 2.35. The number of benzene rings is 2. The third kappa shape index (κ3) is 3.86. The minimum atomic E-state index is -0.421. The van der Waals surface area contributed by atoms with Crippen LogP contribution in [0.3, 0.4) is 0 Å². The largest absolute Gasteiger partial charge is 0.490 e. The molecule has 3 aromatic rings. The van der Waals surface area contributed by atoms with Crippen LogP contribution in [0.2, 0.25) is 5.02 Å². The lowest BCUT2D eigenvalue weighted by atomic mass is 10.2. The van der Waals surface area contributed by atoms with Crippen molar-refractivity contribution in [1.29, 1.82) is 0 Å². The summed E-state index contributed by atoms with van der Waals surface area (Å²) in [6, 6.07) is 15.1. The van der Waals surface area contributed by atoms with Crippen molar-refractivity contribution in [2.75, 3.05) is 13.2 Å². The van der Waals surface area contributed by atoms with Gasteiger partial charge in [0, 0.05) is 14.6 Å². The molecule has 0 aliphatic rings. The van der Waals surface area contributed by atoms with E-state index in [9.17, 15) is 4.79 Å². The number of rotatable bonds is 5. The fraction of sp³-hybridized carbons (Fsp3) is 0.118. The van der Waals surface area contributed by atoms with Gasteiger partial charge in [0.05, 0.1) is 5.02 Å². The Kier molecular flexibility index (Phi) is 5.20. The van der Waals surface area contributed by atoms with E-state index in [2.05, 4.69) is 15.9 Å². The lowest BCUT2D eigenvalue weighted by molar-refractivity contribution is 0.0456. The fourth-order valence-corrected chi connectivity index (χ4v) is 3.70. The van der Waals surface area contributed by atoms with Crippen molar-refractivity contribution in [3.63, 3.8) is 0 Å². The summed E-state index contributed by atoms with van der Waals surface area (Å²) in [5, 5.41) is 1.32. The number of carbonyl (C=O) groups excluding carboxylic acids is 1. The summed E-state index contributed by atoms with van der Waals surface area (Å²) in [7, 11) is 0. The van der Waals surface area contributed by atoms with Crippen molar-refractivity contribution in [2.24, 2.45) is 0 Å². The molecule has 0 radical (unpaired) electrons. The average molecular weight is 412 g/mol. The van der Waals surface area contributed by atoms with Gasteiger partial charge in [0.25, 0.3) is 0 Å². The highest BCUT2D eigenvalue weighted by atomic mass is 79.9. The van der Waals surface area contributed by atoms with Crippen LogP contribution in [0.5, 0.6) is 5.75 Å². The molecule has 118 valence electrons. The van der Waals surface area contributed by atoms with Crippen molar-refractivity contribution in [3.05, 3.63) is 62.9 Å². The van der Waals surface area contributed by atoms with E-state index in [0.717, 1.165) is 20.3 Å². The van der Waals surface area contributed by atoms with Gasteiger partial charge in [-0.1, -0.05) is 45.7 Å². The van der Waals surface area contributed by atoms with E-state index in [1.54, 1.807) is 0 Å². The van der Waals surface area contributed by atoms with E-state index in [4.69, 9.17) is 21.1 Å². The standard InChI is InChI=1S/C17H12BrClO3S/c18-11-5-7-12(8-6-11)21-9-10-22-17(20)16-15(19)13-3-1-2-4-14(13)23-16/h1-8H,9-10H2. The van der Waals surface area contributed by atoms with Crippen LogP contribution < -0.4 is 4.74 Å². The minimum absolute atomic E-state index is 0.166. The van der Waals surface area contributed by atoms with Gasteiger partial charge < -0.3 is 9.47 Å². The van der Waals surface area contributed by atoms with E-state index in [-0.39, 0.29) is 13.2 Å². The number of esters is 1. The first-order valence-electron chi connectivity index (χ1n) is 6.87. The van der Waals surface area contributed by atoms with Crippen molar-refractivity contribution in [1.82, 2.24) is 0 Å². The maximum absolute atomic E-state index is 12.1. The molecule has 0 amide bonds. The maximum atomic E-state index is 12.1. The normalized spacial score (nSPS) is 10.7. The summed E-state index contributed by atoms with van der Waals surface area (Å²) in [5.41, 5.74) is 0. The van der Waals surface area contributed by atoms with Gasteiger partial charge in [-0.15, -0.1) is 11.3 Å². The fourth-order valence-electron chi connectivity index (χ4n) is 2.04. The molecule has 23 heavy (non-hydrogen) atoms. The third-order valence-electron chi connectivity index (χ3n) is 3.12. The molecule has 2 aromatic carbocycles. The van der Waals surface area contributed by atoms with E-state index >= 15 is 0 Å². The lowest BCUT2D eigenvalue weighted by Crippen LogP contribution is -2.11. The number of hydrogen-bond acceptors (Lipinski definition) is 4. The molecule has 0 bridgehead atoms. The van der Waals surface area contributed by atoms with Crippen molar-refractivity contribution in [3.8, 4) is 5.75 Å². The van der Waals surface area contributed by atoms with Crippen LogP contribution in [0.1, 0.15) is 9.67 Å². The molecular formula is C17H12BrClO3S. The monoisotopic (exact) mass is 410 g/mol. The number of ether oxygens (including phenoxy) is 2. The molecule has 3 rings (SSSR count). The number of carbonyl (C=O) groups is 1. The smallest absolute Gasteiger partial charge is 0.350 e. The van der Waals surface area contributed by atoms with Gasteiger partial charge in [0.15, 0.2) is 0 Å². The summed E-state index contributed by atoms with van der Waals surface area (Å²) in [4.78, 5) is 12.6. The predicted molar refractivity (Wildman–Crippen MR) is 96.8 cm³/mol. The first-order valence-corrected chi connectivity index (χ1v) is 8.86. The molecule has 0 unspecified atom stereocenters. The molecule has 1 aromatic heterocycles. The van der Waals surface area contributed by atoms with Crippen LogP contribution in [0, 0.1) is 0 Å². The number of halogens is 2. The Morgan fingerprint density at radius 1 is 1.09 bits per heavy atom. The molecule has 3 nitrogen and oxygen atoms in total. The van der Waals surface area contributed by atoms with Gasteiger partial charge in [-0.2, -0.15) is 0 Å². The molecule has 0 aliphatic heterocycles. The predicted octanol–water partition coefficient (Wildman–Crippen LogP) is 5.55. The molecular weight excluding hydrogens is 400 g/mol. The van der Waals surface area contributed by atoms with Crippen molar-refractivity contribution in [2.45, 2.75) is 0 Å². The zero-order chi connectivity index (χ0) is 16.2. The zero-order valence-corrected chi connectivity index (χ0v) is 15.1. The molecule has 0 saturated heterocycles. The highest BCUT2D eigenvalue weighted by Gasteiger charge is 2.18. The maximum Gasteiger partial charge on any atom is 0.350 e. The first-order chi connectivity index (χ1) is 11.1. The Morgan fingerprint density at radius 2 is 1.83 bits per heavy atom. The van der Waals surface area contributed by atoms with Crippen LogP contribution in [-0.2, 0) is 4.74 Å². The Labute approximate surface area is 150 Å². The molecule has 0 aliphatic carbocycles. The second-order valence-corrected chi connectivity index (χ2v) is 7.03. The van der Waals surface area contributed by atoms with Crippen LogP contribution in [0.25, 0.3) is 10.1 Å². The quantitative estimate of drug-likeness (QED) is 0.408.